The molecule has 0 radical (unpaired) electrons. The number of ketones is 1. The summed E-state index contributed by atoms with van der Waals surface area (Å²) in [6.45, 7) is 6.27. The van der Waals surface area contributed by atoms with E-state index < -0.39 is 0 Å². The molecule has 0 saturated heterocycles. The summed E-state index contributed by atoms with van der Waals surface area (Å²) in [5.74, 6) is 1.00. The number of ether oxygens (including phenoxy) is 1. The van der Waals surface area contributed by atoms with Gasteiger partial charge in [-0.2, -0.15) is 0 Å². The molecule has 0 bridgehead atoms. The van der Waals surface area contributed by atoms with Gasteiger partial charge in [-0.25, -0.2) is 0 Å². The van der Waals surface area contributed by atoms with Crippen molar-refractivity contribution in [2.45, 2.75) is 33.6 Å². The number of carbonyl (C=O) groups excluding carboxylic acids is 1. The van der Waals surface area contributed by atoms with E-state index in [1.807, 2.05) is 25.1 Å². The minimum Gasteiger partial charge on any atom is -0.497 e. The fraction of sp³-hybridized carbons (Fsp3) is 0.368. The van der Waals surface area contributed by atoms with Crippen molar-refractivity contribution in [3.05, 3.63) is 35.2 Å². The van der Waals surface area contributed by atoms with Crippen molar-refractivity contribution < 1.29 is 9.53 Å². The highest BCUT2D eigenvalue weighted by molar-refractivity contribution is 6.19. The van der Waals surface area contributed by atoms with Gasteiger partial charge in [-0.1, -0.05) is 13.8 Å². The maximum atomic E-state index is 12.8. The fourth-order valence-corrected chi connectivity index (χ4v) is 3.76. The standard InChI is InChI=1S/C19H20N2O2/c1-10-18-16(12-6-5-11(23-4)7-13(12)21-18)17-14(20-10)8-19(2,3)9-15(17)22/h5-7,21H,8-9H2,1-4H3. The number of H-pyrrole nitrogens is 1. The van der Waals surface area contributed by atoms with Gasteiger partial charge in [0.15, 0.2) is 5.78 Å². The molecule has 0 fully saturated rings. The highest BCUT2D eigenvalue weighted by Crippen LogP contribution is 2.40. The van der Waals surface area contributed by atoms with Crippen LogP contribution >= 0.6 is 0 Å². The zero-order valence-electron chi connectivity index (χ0n) is 13.9. The Balaban J connectivity index is 2.12. The second kappa shape index (κ2) is 4.57. The monoisotopic (exact) mass is 308 g/mol. The molecular weight excluding hydrogens is 288 g/mol. The molecule has 0 atom stereocenters. The Hall–Kier alpha value is -2.36. The van der Waals surface area contributed by atoms with Gasteiger partial charge in [0, 0.05) is 28.8 Å². The lowest BCUT2D eigenvalue weighted by molar-refractivity contribution is 0.0912. The molecule has 1 aliphatic carbocycles. The number of hydrogen-bond acceptors (Lipinski definition) is 3. The van der Waals surface area contributed by atoms with Crippen LogP contribution in [0.5, 0.6) is 5.75 Å². The molecule has 1 N–H and O–H groups in total. The lowest BCUT2D eigenvalue weighted by Crippen LogP contribution is -2.28. The zero-order valence-corrected chi connectivity index (χ0v) is 13.9. The number of aromatic nitrogens is 2. The number of benzene rings is 1. The highest BCUT2D eigenvalue weighted by atomic mass is 16.5. The first-order chi connectivity index (χ1) is 10.9. The largest absolute Gasteiger partial charge is 0.497 e. The average molecular weight is 308 g/mol. The van der Waals surface area contributed by atoms with Gasteiger partial charge < -0.3 is 9.72 Å². The third kappa shape index (κ3) is 2.05. The number of aromatic amines is 1. The van der Waals surface area contributed by atoms with Crippen LogP contribution in [0.25, 0.3) is 21.8 Å². The van der Waals surface area contributed by atoms with Gasteiger partial charge in [0.1, 0.15) is 5.75 Å². The number of rotatable bonds is 1. The summed E-state index contributed by atoms with van der Waals surface area (Å²) in [7, 11) is 1.66. The molecule has 0 unspecified atom stereocenters. The summed E-state index contributed by atoms with van der Waals surface area (Å²) < 4.78 is 5.31. The molecule has 0 spiro atoms. The molecule has 2 aromatic heterocycles. The van der Waals surface area contributed by atoms with E-state index in [4.69, 9.17) is 9.72 Å². The summed E-state index contributed by atoms with van der Waals surface area (Å²) >= 11 is 0. The topological polar surface area (TPSA) is 55.0 Å². The summed E-state index contributed by atoms with van der Waals surface area (Å²) in [6.07, 6.45) is 1.41. The molecule has 0 aliphatic heterocycles. The average Bonchev–Trinajstić information content (AvgIpc) is 2.84. The molecule has 1 aromatic carbocycles. The van der Waals surface area contributed by atoms with Gasteiger partial charge in [-0.15, -0.1) is 0 Å². The van der Waals surface area contributed by atoms with Crippen LogP contribution in [0.2, 0.25) is 0 Å². The third-order valence-electron chi connectivity index (χ3n) is 4.77. The summed E-state index contributed by atoms with van der Waals surface area (Å²) in [6, 6.07) is 5.94. The van der Waals surface area contributed by atoms with Gasteiger partial charge in [0.2, 0.25) is 0 Å². The SMILES string of the molecule is COc1ccc2c(c1)[nH]c1c(C)nc3c(c12)C(=O)CC(C)(C)C3. The molecular formula is C19H20N2O2. The zero-order chi connectivity index (χ0) is 16.4. The number of pyridine rings is 1. The Labute approximate surface area is 134 Å². The number of hydrogen-bond donors (Lipinski definition) is 1. The quantitative estimate of drug-likeness (QED) is 0.733. The molecule has 4 nitrogen and oxygen atoms in total. The summed E-state index contributed by atoms with van der Waals surface area (Å²) in [5.41, 5.74) is 4.61. The van der Waals surface area contributed by atoms with Crippen LogP contribution in [-0.2, 0) is 6.42 Å². The molecule has 0 amide bonds. The number of fused-ring (bicyclic) bond motifs is 5. The van der Waals surface area contributed by atoms with E-state index in [9.17, 15) is 4.79 Å². The van der Waals surface area contributed by atoms with Crippen LogP contribution in [0.15, 0.2) is 18.2 Å². The van der Waals surface area contributed by atoms with Crippen LogP contribution in [-0.4, -0.2) is 22.9 Å². The van der Waals surface area contributed by atoms with E-state index in [0.29, 0.717) is 6.42 Å². The molecule has 118 valence electrons. The first-order valence-corrected chi connectivity index (χ1v) is 7.92. The molecule has 4 heteroatoms. The Morgan fingerprint density at radius 2 is 2.04 bits per heavy atom. The van der Waals surface area contributed by atoms with Crippen LogP contribution in [0.1, 0.15) is 42.0 Å². The number of methoxy groups -OCH3 is 1. The van der Waals surface area contributed by atoms with Crippen molar-refractivity contribution in [2.75, 3.05) is 7.11 Å². The smallest absolute Gasteiger partial charge is 0.165 e. The first kappa shape index (κ1) is 14.2. The van der Waals surface area contributed by atoms with Gasteiger partial charge in [-0.3, -0.25) is 9.78 Å². The maximum absolute atomic E-state index is 12.8. The lowest BCUT2D eigenvalue weighted by atomic mass is 9.74. The van der Waals surface area contributed by atoms with Crippen molar-refractivity contribution in [1.29, 1.82) is 0 Å². The van der Waals surface area contributed by atoms with E-state index >= 15 is 0 Å². The molecule has 23 heavy (non-hydrogen) atoms. The number of nitrogens with one attached hydrogen (secondary N) is 1. The van der Waals surface area contributed by atoms with Crippen LogP contribution in [0.4, 0.5) is 0 Å². The van der Waals surface area contributed by atoms with Crippen molar-refractivity contribution in [3.63, 3.8) is 0 Å². The van der Waals surface area contributed by atoms with E-state index in [-0.39, 0.29) is 11.2 Å². The maximum Gasteiger partial charge on any atom is 0.165 e. The highest BCUT2D eigenvalue weighted by Gasteiger charge is 2.34. The van der Waals surface area contributed by atoms with Crippen molar-refractivity contribution >= 4 is 27.6 Å². The minimum atomic E-state index is -0.0213. The van der Waals surface area contributed by atoms with Gasteiger partial charge in [0.25, 0.3) is 0 Å². The van der Waals surface area contributed by atoms with Crippen molar-refractivity contribution in [2.24, 2.45) is 5.41 Å². The van der Waals surface area contributed by atoms with Crippen molar-refractivity contribution in [3.8, 4) is 5.75 Å². The van der Waals surface area contributed by atoms with Gasteiger partial charge in [0.05, 0.1) is 29.5 Å². The Morgan fingerprint density at radius 1 is 1.26 bits per heavy atom. The molecule has 3 aromatic rings. The number of Topliss-reactive ketones (excluding diaryl/α,β-unsaturated/α-hetero) is 1. The first-order valence-electron chi connectivity index (χ1n) is 7.92. The van der Waals surface area contributed by atoms with Crippen LogP contribution < -0.4 is 4.74 Å². The molecule has 1 aliphatic rings. The predicted octanol–water partition coefficient (Wildman–Crippen LogP) is 4.19. The Kier molecular flexibility index (Phi) is 2.83. The molecule has 4 rings (SSSR count). The Bertz CT molecular complexity index is 967. The summed E-state index contributed by atoms with van der Waals surface area (Å²) in [5, 5.41) is 2.08. The minimum absolute atomic E-state index is 0.0213. The fourth-order valence-electron chi connectivity index (χ4n) is 3.76. The molecule has 0 saturated carbocycles. The molecule has 2 heterocycles. The van der Waals surface area contributed by atoms with Gasteiger partial charge in [-0.05, 0) is 30.9 Å². The lowest BCUT2D eigenvalue weighted by Gasteiger charge is -2.30. The van der Waals surface area contributed by atoms with E-state index in [0.717, 1.165) is 50.9 Å². The number of carbonyl (C=O) groups is 1. The predicted molar refractivity (Wildman–Crippen MR) is 91.3 cm³/mol. The van der Waals surface area contributed by atoms with Crippen molar-refractivity contribution in [1.82, 2.24) is 9.97 Å². The number of nitrogens with zero attached hydrogens (tertiary/aromatic N) is 1. The van der Waals surface area contributed by atoms with Crippen LogP contribution in [0, 0.1) is 12.3 Å². The Morgan fingerprint density at radius 3 is 2.78 bits per heavy atom. The van der Waals surface area contributed by atoms with Gasteiger partial charge >= 0.3 is 0 Å². The third-order valence-corrected chi connectivity index (χ3v) is 4.77. The van der Waals surface area contributed by atoms with E-state index in [1.54, 1.807) is 7.11 Å². The number of aryl methyl sites for hydroxylation is 1. The second-order valence-electron chi connectivity index (χ2n) is 7.25. The normalized spacial score (nSPS) is 16.8. The van der Waals surface area contributed by atoms with E-state index in [1.165, 1.54) is 0 Å². The van der Waals surface area contributed by atoms with Crippen LogP contribution in [0.3, 0.4) is 0 Å². The second-order valence-corrected chi connectivity index (χ2v) is 7.25. The van der Waals surface area contributed by atoms with E-state index in [2.05, 4.69) is 18.8 Å². The summed E-state index contributed by atoms with van der Waals surface area (Å²) in [4.78, 5) is 21.0.